The molecule has 0 aliphatic heterocycles. The van der Waals surface area contributed by atoms with Crippen LogP contribution < -0.4 is 5.32 Å². The number of hydrogen-bond acceptors (Lipinski definition) is 5. The van der Waals surface area contributed by atoms with Crippen molar-refractivity contribution >= 4 is 29.2 Å². The summed E-state index contributed by atoms with van der Waals surface area (Å²) in [7, 11) is 0. The van der Waals surface area contributed by atoms with Crippen molar-refractivity contribution in [2.75, 3.05) is 13.2 Å². The van der Waals surface area contributed by atoms with E-state index in [1.165, 1.54) is 12.1 Å². The molecule has 0 spiro atoms. The number of nitrogens with one attached hydrogen (secondary N) is 1. The number of carbonyl (C=O) groups is 2. The highest BCUT2D eigenvalue weighted by molar-refractivity contribution is 6.33. The van der Waals surface area contributed by atoms with Crippen LogP contribution in [0.15, 0.2) is 42.5 Å². The first-order valence-corrected chi connectivity index (χ1v) is 7.87. The van der Waals surface area contributed by atoms with Gasteiger partial charge in [0.1, 0.15) is 5.82 Å². The zero-order chi connectivity index (χ0) is 19.1. The van der Waals surface area contributed by atoms with Gasteiger partial charge in [0, 0.05) is 18.7 Å². The van der Waals surface area contributed by atoms with E-state index in [9.17, 15) is 24.1 Å². The summed E-state index contributed by atoms with van der Waals surface area (Å²) < 4.78 is 18.2. The van der Waals surface area contributed by atoms with Crippen LogP contribution in [0.2, 0.25) is 5.02 Å². The Bertz CT molecular complexity index is 844. The molecular weight excluding hydrogens is 367 g/mol. The quantitative estimate of drug-likeness (QED) is 0.452. The molecule has 0 saturated carbocycles. The van der Waals surface area contributed by atoms with E-state index in [0.29, 0.717) is 5.56 Å². The number of ether oxygens (including phenoxy) is 1. The predicted molar refractivity (Wildman–Crippen MR) is 91.5 cm³/mol. The molecule has 0 radical (unpaired) electrons. The normalized spacial score (nSPS) is 10.2. The zero-order valence-corrected chi connectivity index (χ0v) is 14.2. The van der Waals surface area contributed by atoms with Gasteiger partial charge >= 0.3 is 5.97 Å². The minimum atomic E-state index is -0.956. The average Bonchev–Trinajstić information content (AvgIpc) is 2.61. The standard InChI is InChI=1S/C17H14ClFN2O5/c18-14-6-5-12(21(24)25)9-13(14)17(23)26-10-16(22)20-8-7-11-3-1-2-4-15(11)19/h1-6,9H,7-8,10H2,(H,20,22). The molecule has 2 rings (SSSR count). The number of halogens is 2. The fourth-order valence-electron chi connectivity index (χ4n) is 2.08. The Morgan fingerprint density at radius 2 is 1.96 bits per heavy atom. The molecule has 0 bridgehead atoms. The second-order valence-electron chi connectivity index (χ2n) is 5.19. The lowest BCUT2D eigenvalue weighted by Crippen LogP contribution is -2.30. The van der Waals surface area contributed by atoms with Gasteiger partial charge in [0.15, 0.2) is 6.61 Å². The number of hydrogen-bond donors (Lipinski definition) is 1. The van der Waals surface area contributed by atoms with E-state index in [1.54, 1.807) is 18.2 Å². The highest BCUT2D eigenvalue weighted by Gasteiger charge is 2.18. The second kappa shape index (κ2) is 8.91. The maximum absolute atomic E-state index is 13.4. The summed E-state index contributed by atoms with van der Waals surface area (Å²) in [4.78, 5) is 33.7. The summed E-state index contributed by atoms with van der Waals surface area (Å²) in [6.07, 6.45) is 0.281. The number of carbonyl (C=O) groups excluding carboxylic acids is 2. The largest absolute Gasteiger partial charge is 0.452 e. The van der Waals surface area contributed by atoms with E-state index in [1.807, 2.05) is 0 Å². The SMILES string of the molecule is O=C(COC(=O)c1cc([N+](=O)[O-])ccc1Cl)NCCc1ccccc1F. The van der Waals surface area contributed by atoms with Gasteiger partial charge in [0.2, 0.25) is 0 Å². The molecule has 0 heterocycles. The number of amides is 1. The molecular formula is C17H14ClFN2O5. The lowest BCUT2D eigenvalue weighted by Gasteiger charge is -2.08. The van der Waals surface area contributed by atoms with Gasteiger partial charge in [-0.15, -0.1) is 0 Å². The highest BCUT2D eigenvalue weighted by atomic mass is 35.5. The van der Waals surface area contributed by atoms with Crippen LogP contribution in [-0.2, 0) is 16.0 Å². The highest BCUT2D eigenvalue weighted by Crippen LogP contribution is 2.22. The van der Waals surface area contributed by atoms with Gasteiger partial charge < -0.3 is 10.1 Å². The Labute approximate surface area is 152 Å². The van der Waals surface area contributed by atoms with Crippen molar-refractivity contribution in [3.63, 3.8) is 0 Å². The van der Waals surface area contributed by atoms with E-state index in [0.717, 1.165) is 12.1 Å². The maximum atomic E-state index is 13.4. The van der Waals surface area contributed by atoms with Crippen molar-refractivity contribution in [3.05, 3.63) is 74.5 Å². The van der Waals surface area contributed by atoms with Crippen molar-refractivity contribution in [1.29, 1.82) is 0 Å². The van der Waals surface area contributed by atoms with Crippen molar-refractivity contribution < 1.29 is 23.6 Å². The molecule has 136 valence electrons. The van der Waals surface area contributed by atoms with Crippen LogP contribution in [0.1, 0.15) is 15.9 Å². The first-order chi connectivity index (χ1) is 12.4. The molecule has 0 saturated heterocycles. The topological polar surface area (TPSA) is 98.5 Å². The third-order valence-electron chi connectivity index (χ3n) is 3.39. The van der Waals surface area contributed by atoms with Gasteiger partial charge in [-0.1, -0.05) is 29.8 Å². The van der Waals surface area contributed by atoms with E-state index in [2.05, 4.69) is 5.32 Å². The van der Waals surface area contributed by atoms with Crippen molar-refractivity contribution in [3.8, 4) is 0 Å². The molecule has 2 aromatic carbocycles. The molecule has 0 atom stereocenters. The van der Waals surface area contributed by atoms with Crippen LogP contribution in [0.3, 0.4) is 0 Å². The Morgan fingerprint density at radius 1 is 1.23 bits per heavy atom. The zero-order valence-electron chi connectivity index (χ0n) is 13.4. The first kappa shape index (κ1) is 19.3. The number of non-ortho nitro benzene ring substituents is 1. The number of esters is 1. The van der Waals surface area contributed by atoms with Crippen LogP contribution in [0.25, 0.3) is 0 Å². The minimum Gasteiger partial charge on any atom is -0.452 e. The summed E-state index contributed by atoms with van der Waals surface area (Å²) in [5, 5.41) is 13.2. The molecule has 26 heavy (non-hydrogen) atoms. The number of nitro groups is 1. The fraction of sp³-hybridized carbons (Fsp3) is 0.176. The average molecular weight is 381 g/mol. The Morgan fingerprint density at radius 3 is 2.65 bits per heavy atom. The van der Waals surface area contributed by atoms with E-state index < -0.39 is 23.4 Å². The summed E-state index contributed by atoms with van der Waals surface area (Å²) in [5.74, 6) is -1.91. The summed E-state index contributed by atoms with van der Waals surface area (Å²) in [5.41, 5.74) is -0.0797. The molecule has 0 fully saturated rings. The van der Waals surface area contributed by atoms with E-state index in [4.69, 9.17) is 16.3 Å². The van der Waals surface area contributed by atoms with Crippen LogP contribution in [-0.4, -0.2) is 30.0 Å². The molecule has 0 unspecified atom stereocenters. The smallest absolute Gasteiger partial charge is 0.340 e. The lowest BCUT2D eigenvalue weighted by molar-refractivity contribution is -0.384. The second-order valence-corrected chi connectivity index (χ2v) is 5.60. The van der Waals surface area contributed by atoms with Crippen LogP contribution in [0.5, 0.6) is 0 Å². The Hall–Kier alpha value is -3.00. The van der Waals surface area contributed by atoms with Gasteiger partial charge in [-0.2, -0.15) is 0 Å². The lowest BCUT2D eigenvalue weighted by atomic mass is 10.1. The van der Waals surface area contributed by atoms with Gasteiger partial charge in [-0.3, -0.25) is 14.9 Å². The monoisotopic (exact) mass is 380 g/mol. The molecule has 7 nitrogen and oxygen atoms in total. The predicted octanol–water partition coefficient (Wildman–Crippen LogP) is 2.90. The number of benzene rings is 2. The van der Waals surface area contributed by atoms with Crippen LogP contribution >= 0.6 is 11.6 Å². The Kier molecular flexibility index (Phi) is 6.62. The Balaban J connectivity index is 1.83. The van der Waals surface area contributed by atoms with Gasteiger partial charge in [0.05, 0.1) is 15.5 Å². The van der Waals surface area contributed by atoms with Gasteiger partial charge in [-0.05, 0) is 24.1 Å². The molecule has 1 amide bonds. The van der Waals surface area contributed by atoms with Crippen molar-refractivity contribution in [2.24, 2.45) is 0 Å². The third kappa shape index (κ3) is 5.25. The van der Waals surface area contributed by atoms with Crippen molar-refractivity contribution in [2.45, 2.75) is 6.42 Å². The third-order valence-corrected chi connectivity index (χ3v) is 3.72. The van der Waals surface area contributed by atoms with E-state index in [-0.39, 0.29) is 35.1 Å². The summed E-state index contributed by atoms with van der Waals surface area (Å²) in [6, 6.07) is 9.49. The van der Waals surface area contributed by atoms with Crippen LogP contribution in [0, 0.1) is 15.9 Å². The molecule has 0 aromatic heterocycles. The molecule has 2 aromatic rings. The van der Waals surface area contributed by atoms with Gasteiger partial charge in [0.25, 0.3) is 11.6 Å². The molecule has 1 N–H and O–H groups in total. The maximum Gasteiger partial charge on any atom is 0.340 e. The first-order valence-electron chi connectivity index (χ1n) is 7.49. The summed E-state index contributed by atoms with van der Waals surface area (Å²) in [6.45, 7) is -0.427. The van der Waals surface area contributed by atoms with Crippen molar-refractivity contribution in [1.82, 2.24) is 5.32 Å². The molecule has 0 aliphatic rings. The van der Waals surface area contributed by atoms with Crippen LogP contribution in [0.4, 0.5) is 10.1 Å². The molecule has 9 heteroatoms. The summed E-state index contributed by atoms with van der Waals surface area (Å²) >= 11 is 5.82. The number of nitro benzene ring substituents is 1. The fourth-order valence-corrected chi connectivity index (χ4v) is 2.28. The van der Waals surface area contributed by atoms with E-state index >= 15 is 0 Å². The number of rotatable bonds is 7. The van der Waals surface area contributed by atoms with Gasteiger partial charge in [-0.25, -0.2) is 9.18 Å². The molecule has 0 aliphatic carbocycles. The minimum absolute atomic E-state index is 0.0273. The number of nitrogens with zero attached hydrogens (tertiary/aromatic N) is 1.